The van der Waals surface area contributed by atoms with Gasteiger partial charge in [0.25, 0.3) is 5.91 Å². The van der Waals surface area contributed by atoms with Gasteiger partial charge in [-0.2, -0.15) is 0 Å². The molecule has 1 unspecified atom stereocenters. The van der Waals surface area contributed by atoms with Crippen LogP contribution in [0.5, 0.6) is 0 Å². The van der Waals surface area contributed by atoms with Crippen LogP contribution >= 0.6 is 0 Å². The molecule has 0 aliphatic heterocycles. The van der Waals surface area contributed by atoms with Gasteiger partial charge in [0, 0.05) is 24.3 Å². The summed E-state index contributed by atoms with van der Waals surface area (Å²) in [5.74, 6) is -0.251. The molecule has 142 valence electrons. The molecule has 0 bridgehead atoms. The van der Waals surface area contributed by atoms with E-state index >= 15 is 0 Å². The lowest BCUT2D eigenvalue weighted by Gasteiger charge is -2.22. The van der Waals surface area contributed by atoms with E-state index in [0.717, 1.165) is 17.3 Å². The SMILES string of the molecule is COCC(CO)NC(=O)c1cnc2c(C3=CCC4(CC3)CC4)cccc2c1. The summed E-state index contributed by atoms with van der Waals surface area (Å²) in [5, 5.41) is 13.1. The highest BCUT2D eigenvalue weighted by Gasteiger charge is 2.42. The number of aromatic nitrogens is 1. The average molecular weight is 366 g/mol. The van der Waals surface area contributed by atoms with Crippen molar-refractivity contribution in [1.29, 1.82) is 0 Å². The number of carbonyl (C=O) groups is 1. The number of hydrogen-bond donors (Lipinski definition) is 2. The number of nitrogens with one attached hydrogen (secondary N) is 1. The van der Waals surface area contributed by atoms with E-state index in [0.29, 0.717) is 11.0 Å². The molecule has 5 nitrogen and oxygen atoms in total. The Bertz CT molecular complexity index is 886. The molecule has 2 aliphatic carbocycles. The first-order chi connectivity index (χ1) is 13.1. The number of pyridine rings is 1. The molecular formula is C22H26N2O3. The summed E-state index contributed by atoms with van der Waals surface area (Å²) in [7, 11) is 1.54. The van der Waals surface area contributed by atoms with Crippen LogP contribution in [0.3, 0.4) is 0 Å². The number of fused-ring (bicyclic) bond motifs is 1. The van der Waals surface area contributed by atoms with E-state index in [9.17, 15) is 9.90 Å². The molecule has 1 atom stereocenters. The lowest BCUT2D eigenvalue weighted by Crippen LogP contribution is -2.40. The maximum Gasteiger partial charge on any atom is 0.253 e. The topological polar surface area (TPSA) is 71.5 Å². The van der Waals surface area contributed by atoms with Gasteiger partial charge in [0.1, 0.15) is 0 Å². The number of carbonyl (C=O) groups excluding carboxylic acids is 1. The van der Waals surface area contributed by atoms with Crippen LogP contribution in [0.15, 0.2) is 36.5 Å². The van der Waals surface area contributed by atoms with E-state index in [4.69, 9.17) is 4.74 Å². The quantitative estimate of drug-likeness (QED) is 0.823. The van der Waals surface area contributed by atoms with Crippen LogP contribution in [-0.4, -0.2) is 42.4 Å². The molecule has 1 spiro atoms. The molecule has 2 aliphatic rings. The average Bonchev–Trinajstić information content (AvgIpc) is 3.46. The van der Waals surface area contributed by atoms with E-state index in [1.165, 1.54) is 36.8 Å². The summed E-state index contributed by atoms with van der Waals surface area (Å²) in [6.45, 7) is 0.101. The Morgan fingerprint density at radius 1 is 1.37 bits per heavy atom. The standard InChI is InChI=1S/C22H26N2O3/c1-27-14-18(13-25)24-21(26)17-11-16-3-2-4-19(20(16)23-12-17)15-5-7-22(8-6-15)9-10-22/h2-5,11-12,18,25H,6-10,13-14H2,1H3,(H,24,26). The van der Waals surface area contributed by atoms with Gasteiger partial charge in [-0.05, 0) is 49.2 Å². The van der Waals surface area contributed by atoms with Crippen LogP contribution in [0, 0.1) is 5.41 Å². The predicted molar refractivity (Wildman–Crippen MR) is 105 cm³/mol. The number of amides is 1. The molecule has 0 radical (unpaired) electrons. The van der Waals surface area contributed by atoms with Gasteiger partial charge in [-0.3, -0.25) is 9.78 Å². The molecule has 1 aromatic carbocycles. The number of aliphatic hydroxyl groups is 1. The third-order valence-electron chi connectivity index (χ3n) is 5.91. The number of rotatable bonds is 6. The number of methoxy groups -OCH3 is 1. The van der Waals surface area contributed by atoms with Gasteiger partial charge < -0.3 is 15.2 Å². The van der Waals surface area contributed by atoms with E-state index < -0.39 is 6.04 Å². The fraction of sp³-hybridized carbons (Fsp3) is 0.455. The molecule has 2 aromatic rings. The lowest BCUT2D eigenvalue weighted by molar-refractivity contribution is 0.0839. The van der Waals surface area contributed by atoms with Crippen LogP contribution in [0.4, 0.5) is 0 Å². The molecule has 1 fully saturated rings. The van der Waals surface area contributed by atoms with Crippen LogP contribution in [0.1, 0.15) is 48.0 Å². The van der Waals surface area contributed by atoms with Gasteiger partial charge in [0.05, 0.1) is 30.3 Å². The van der Waals surface area contributed by atoms with Crippen molar-refractivity contribution in [2.45, 2.75) is 38.1 Å². The molecule has 1 amide bonds. The second-order valence-corrected chi connectivity index (χ2v) is 7.84. The highest BCUT2D eigenvalue weighted by atomic mass is 16.5. The van der Waals surface area contributed by atoms with Crippen molar-refractivity contribution in [2.75, 3.05) is 20.3 Å². The van der Waals surface area contributed by atoms with Crippen LogP contribution in [-0.2, 0) is 4.74 Å². The first-order valence-electron chi connectivity index (χ1n) is 9.63. The number of ether oxygens (including phenoxy) is 1. The van der Waals surface area contributed by atoms with Crippen molar-refractivity contribution < 1.29 is 14.6 Å². The number of allylic oxidation sites excluding steroid dienone is 2. The summed E-state index contributed by atoms with van der Waals surface area (Å²) in [6, 6.07) is 7.60. The zero-order valence-corrected chi connectivity index (χ0v) is 15.7. The first kappa shape index (κ1) is 18.1. The number of nitrogens with zero attached hydrogens (tertiary/aromatic N) is 1. The van der Waals surface area contributed by atoms with Crippen LogP contribution in [0.25, 0.3) is 16.5 Å². The van der Waals surface area contributed by atoms with Gasteiger partial charge in [-0.15, -0.1) is 0 Å². The van der Waals surface area contributed by atoms with Crippen molar-refractivity contribution in [2.24, 2.45) is 5.41 Å². The second-order valence-electron chi connectivity index (χ2n) is 7.84. The second kappa shape index (κ2) is 7.41. The molecule has 2 N–H and O–H groups in total. The zero-order valence-electron chi connectivity index (χ0n) is 15.7. The predicted octanol–water partition coefficient (Wildman–Crippen LogP) is 3.32. The summed E-state index contributed by atoms with van der Waals surface area (Å²) in [6.07, 6.45) is 10.3. The fourth-order valence-corrected chi connectivity index (χ4v) is 3.97. The third kappa shape index (κ3) is 3.75. The van der Waals surface area contributed by atoms with Gasteiger partial charge in [0.15, 0.2) is 0 Å². The van der Waals surface area contributed by atoms with Gasteiger partial charge in [-0.1, -0.05) is 24.3 Å². The molecule has 1 heterocycles. The van der Waals surface area contributed by atoms with Crippen LogP contribution in [0.2, 0.25) is 0 Å². The number of hydrogen-bond acceptors (Lipinski definition) is 4. The van der Waals surface area contributed by atoms with Crippen molar-refractivity contribution in [3.63, 3.8) is 0 Å². The minimum absolute atomic E-state index is 0.166. The van der Waals surface area contributed by atoms with Gasteiger partial charge in [0.2, 0.25) is 0 Å². The Balaban J connectivity index is 1.58. The summed E-state index contributed by atoms with van der Waals surface area (Å²) in [5.41, 5.74) is 4.61. The number of para-hydroxylation sites is 1. The maximum atomic E-state index is 12.5. The van der Waals surface area contributed by atoms with E-state index in [1.54, 1.807) is 13.3 Å². The Kier molecular flexibility index (Phi) is 4.98. The zero-order chi connectivity index (χ0) is 18.9. The van der Waals surface area contributed by atoms with Crippen molar-refractivity contribution >= 4 is 22.4 Å². The molecule has 27 heavy (non-hydrogen) atoms. The Labute approximate surface area is 159 Å². The highest BCUT2D eigenvalue weighted by Crippen LogP contribution is 2.56. The molecule has 4 rings (SSSR count). The Morgan fingerprint density at radius 2 is 2.22 bits per heavy atom. The summed E-state index contributed by atoms with van der Waals surface area (Å²) in [4.78, 5) is 17.1. The largest absolute Gasteiger partial charge is 0.394 e. The van der Waals surface area contributed by atoms with Gasteiger partial charge >= 0.3 is 0 Å². The molecule has 1 saturated carbocycles. The maximum absolute atomic E-state index is 12.5. The summed E-state index contributed by atoms with van der Waals surface area (Å²) < 4.78 is 5.01. The Hall–Kier alpha value is -2.24. The molecule has 0 saturated heterocycles. The Morgan fingerprint density at radius 3 is 2.89 bits per heavy atom. The molecule has 5 heteroatoms. The highest BCUT2D eigenvalue weighted by molar-refractivity contribution is 5.99. The lowest BCUT2D eigenvalue weighted by atomic mass is 9.84. The van der Waals surface area contributed by atoms with E-state index in [-0.39, 0.29) is 19.1 Å². The van der Waals surface area contributed by atoms with Gasteiger partial charge in [-0.25, -0.2) is 0 Å². The normalized spacial score (nSPS) is 19.0. The monoisotopic (exact) mass is 366 g/mol. The van der Waals surface area contributed by atoms with Crippen molar-refractivity contribution in [3.05, 3.63) is 47.7 Å². The molecular weight excluding hydrogens is 340 g/mol. The third-order valence-corrected chi connectivity index (χ3v) is 5.91. The first-order valence-corrected chi connectivity index (χ1v) is 9.63. The number of aliphatic hydroxyl groups excluding tert-OH is 1. The number of benzene rings is 1. The van der Waals surface area contributed by atoms with E-state index in [2.05, 4.69) is 22.4 Å². The minimum atomic E-state index is -0.424. The molecule has 1 aromatic heterocycles. The van der Waals surface area contributed by atoms with E-state index in [1.807, 2.05) is 18.2 Å². The van der Waals surface area contributed by atoms with Crippen molar-refractivity contribution in [3.8, 4) is 0 Å². The smallest absolute Gasteiger partial charge is 0.253 e. The van der Waals surface area contributed by atoms with Crippen molar-refractivity contribution in [1.82, 2.24) is 10.3 Å². The van der Waals surface area contributed by atoms with Crippen LogP contribution < -0.4 is 5.32 Å². The fourth-order valence-electron chi connectivity index (χ4n) is 3.97. The summed E-state index contributed by atoms with van der Waals surface area (Å²) >= 11 is 0. The minimum Gasteiger partial charge on any atom is -0.394 e.